The predicted molar refractivity (Wildman–Crippen MR) is 72.6 cm³/mol. The van der Waals surface area contributed by atoms with E-state index in [-0.39, 0.29) is 5.56 Å². The molecule has 4 nitrogen and oxygen atoms in total. The summed E-state index contributed by atoms with van der Waals surface area (Å²) in [5.74, 6) is -1.01. The van der Waals surface area contributed by atoms with Crippen molar-refractivity contribution in [3.63, 3.8) is 0 Å². The van der Waals surface area contributed by atoms with Crippen LogP contribution in [0.4, 0.5) is 11.4 Å². The van der Waals surface area contributed by atoms with E-state index in [0.29, 0.717) is 16.9 Å². The highest BCUT2D eigenvalue weighted by molar-refractivity contribution is 5.95. The van der Waals surface area contributed by atoms with Crippen LogP contribution >= 0.6 is 0 Å². The van der Waals surface area contributed by atoms with Crippen LogP contribution in [-0.2, 0) is 0 Å². The van der Waals surface area contributed by atoms with Crippen LogP contribution in [0.2, 0.25) is 0 Å². The van der Waals surface area contributed by atoms with Crippen LogP contribution in [0.3, 0.4) is 0 Å². The molecule has 0 saturated carbocycles. The smallest absolute Gasteiger partial charge is 0.337 e. The van der Waals surface area contributed by atoms with Crippen LogP contribution in [0.5, 0.6) is 0 Å². The third kappa shape index (κ3) is 2.55. The van der Waals surface area contributed by atoms with Gasteiger partial charge >= 0.3 is 5.97 Å². The highest BCUT2D eigenvalue weighted by Crippen LogP contribution is 2.25. The van der Waals surface area contributed by atoms with Gasteiger partial charge < -0.3 is 10.4 Å². The summed E-state index contributed by atoms with van der Waals surface area (Å²) in [7, 11) is 0. The number of hydrogen-bond donors (Lipinski definition) is 2. The summed E-state index contributed by atoms with van der Waals surface area (Å²) < 4.78 is 0. The molecule has 0 radical (unpaired) electrons. The van der Waals surface area contributed by atoms with E-state index in [1.54, 1.807) is 24.3 Å². The minimum absolute atomic E-state index is 0.174. The fourth-order valence-electron chi connectivity index (χ4n) is 1.84. The third-order valence-electron chi connectivity index (χ3n) is 2.81. The molecule has 0 bridgehead atoms. The van der Waals surface area contributed by atoms with Crippen molar-refractivity contribution >= 4 is 17.3 Å². The Morgan fingerprint density at radius 2 is 1.84 bits per heavy atom. The lowest BCUT2D eigenvalue weighted by molar-refractivity contribution is 0.0698. The summed E-state index contributed by atoms with van der Waals surface area (Å²) in [6.45, 7) is 1.84. The van der Waals surface area contributed by atoms with E-state index in [9.17, 15) is 4.79 Å². The number of aryl methyl sites for hydroxylation is 1. The Labute approximate surface area is 110 Å². The Morgan fingerprint density at radius 3 is 2.53 bits per heavy atom. The van der Waals surface area contributed by atoms with Crippen molar-refractivity contribution in [1.29, 1.82) is 5.26 Å². The molecule has 94 valence electrons. The summed E-state index contributed by atoms with van der Waals surface area (Å²) in [4.78, 5) is 11.1. The summed E-state index contributed by atoms with van der Waals surface area (Å²) in [6, 6.07) is 14.1. The molecule has 0 heterocycles. The molecule has 2 N–H and O–H groups in total. The molecular weight excluding hydrogens is 240 g/mol. The number of hydrogen-bond acceptors (Lipinski definition) is 3. The Hall–Kier alpha value is -2.80. The predicted octanol–water partition coefficient (Wildman–Crippen LogP) is 3.31. The van der Waals surface area contributed by atoms with Crippen molar-refractivity contribution in [2.75, 3.05) is 5.32 Å². The highest BCUT2D eigenvalue weighted by atomic mass is 16.4. The minimum atomic E-state index is -1.01. The first kappa shape index (κ1) is 12.7. The molecule has 0 aliphatic heterocycles. The van der Waals surface area contributed by atoms with Crippen molar-refractivity contribution in [3.05, 3.63) is 59.2 Å². The van der Waals surface area contributed by atoms with Crippen LogP contribution < -0.4 is 5.32 Å². The maximum Gasteiger partial charge on any atom is 0.337 e. The molecule has 0 unspecified atom stereocenters. The zero-order valence-corrected chi connectivity index (χ0v) is 10.3. The number of carbonyl (C=O) groups is 1. The molecular formula is C15H12N2O2. The lowest BCUT2D eigenvalue weighted by atomic mass is 10.1. The van der Waals surface area contributed by atoms with Gasteiger partial charge in [0.15, 0.2) is 0 Å². The van der Waals surface area contributed by atoms with Crippen molar-refractivity contribution in [1.82, 2.24) is 0 Å². The van der Waals surface area contributed by atoms with Gasteiger partial charge in [0.1, 0.15) is 6.07 Å². The fraction of sp³-hybridized carbons (Fsp3) is 0.0667. The number of nitrogens with one attached hydrogen (secondary N) is 1. The number of anilines is 2. The molecule has 4 heteroatoms. The van der Waals surface area contributed by atoms with Gasteiger partial charge in [-0.05, 0) is 30.7 Å². The van der Waals surface area contributed by atoms with Gasteiger partial charge in [-0.1, -0.05) is 24.3 Å². The molecule has 2 aromatic rings. The van der Waals surface area contributed by atoms with Crippen molar-refractivity contribution in [2.24, 2.45) is 0 Å². The van der Waals surface area contributed by atoms with E-state index in [1.807, 2.05) is 19.1 Å². The van der Waals surface area contributed by atoms with Crippen LogP contribution in [0.25, 0.3) is 0 Å². The monoisotopic (exact) mass is 252 g/mol. The molecule has 0 spiro atoms. The summed E-state index contributed by atoms with van der Waals surface area (Å²) in [5, 5.41) is 21.3. The molecule has 19 heavy (non-hydrogen) atoms. The Balaban J connectivity index is 2.46. The van der Waals surface area contributed by atoms with Crippen molar-refractivity contribution in [3.8, 4) is 6.07 Å². The lowest BCUT2D eigenvalue weighted by Gasteiger charge is -2.11. The maximum atomic E-state index is 11.1. The largest absolute Gasteiger partial charge is 0.478 e. The average Bonchev–Trinajstić information content (AvgIpc) is 2.39. The molecule has 0 aliphatic carbocycles. The Bertz CT molecular complexity index is 672. The van der Waals surface area contributed by atoms with Gasteiger partial charge in [-0.3, -0.25) is 0 Å². The zero-order chi connectivity index (χ0) is 13.8. The number of carboxylic acid groups (broad SMARTS) is 1. The minimum Gasteiger partial charge on any atom is -0.478 e. The molecule has 0 fully saturated rings. The maximum absolute atomic E-state index is 11.1. The first-order chi connectivity index (χ1) is 9.13. The number of aromatic carboxylic acids is 1. The normalized spacial score (nSPS) is 9.68. The second-order valence-electron chi connectivity index (χ2n) is 4.09. The molecule has 2 rings (SSSR count). The van der Waals surface area contributed by atoms with E-state index >= 15 is 0 Å². The van der Waals surface area contributed by atoms with Gasteiger partial charge in [-0.25, -0.2) is 4.79 Å². The number of benzene rings is 2. The summed E-state index contributed by atoms with van der Waals surface area (Å²) in [5.41, 5.74) is 2.61. The molecule has 0 saturated heterocycles. The van der Waals surface area contributed by atoms with E-state index in [1.165, 1.54) is 6.07 Å². The number of para-hydroxylation sites is 1. The summed E-state index contributed by atoms with van der Waals surface area (Å²) >= 11 is 0. The van der Waals surface area contributed by atoms with Gasteiger partial charge in [0, 0.05) is 0 Å². The van der Waals surface area contributed by atoms with E-state index in [2.05, 4.69) is 11.4 Å². The van der Waals surface area contributed by atoms with Gasteiger partial charge in [-0.15, -0.1) is 0 Å². The third-order valence-corrected chi connectivity index (χ3v) is 2.81. The highest BCUT2D eigenvalue weighted by Gasteiger charge is 2.11. The van der Waals surface area contributed by atoms with Crippen LogP contribution in [0.15, 0.2) is 42.5 Å². The zero-order valence-electron chi connectivity index (χ0n) is 10.3. The van der Waals surface area contributed by atoms with Crippen LogP contribution in [-0.4, -0.2) is 11.1 Å². The van der Waals surface area contributed by atoms with Crippen molar-refractivity contribution in [2.45, 2.75) is 6.92 Å². The topological polar surface area (TPSA) is 73.1 Å². The molecule has 0 aromatic heterocycles. The quantitative estimate of drug-likeness (QED) is 0.878. The second-order valence-corrected chi connectivity index (χ2v) is 4.09. The van der Waals surface area contributed by atoms with E-state index in [0.717, 1.165) is 5.56 Å². The van der Waals surface area contributed by atoms with Gasteiger partial charge in [0.2, 0.25) is 0 Å². The van der Waals surface area contributed by atoms with Gasteiger partial charge in [-0.2, -0.15) is 5.26 Å². The number of nitriles is 1. The van der Waals surface area contributed by atoms with Gasteiger partial charge in [0.25, 0.3) is 0 Å². The molecule has 0 amide bonds. The number of rotatable bonds is 3. The summed E-state index contributed by atoms with van der Waals surface area (Å²) in [6.07, 6.45) is 0. The Kier molecular flexibility index (Phi) is 3.48. The Morgan fingerprint density at radius 1 is 1.16 bits per heavy atom. The molecule has 2 aromatic carbocycles. The van der Waals surface area contributed by atoms with Gasteiger partial charge in [0.05, 0.1) is 22.5 Å². The number of nitrogens with zero attached hydrogens (tertiary/aromatic N) is 1. The van der Waals surface area contributed by atoms with Crippen molar-refractivity contribution < 1.29 is 9.90 Å². The lowest BCUT2D eigenvalue weighted by Crippen LogP contribution is -2.03. The number of carboxylic acids is 1. The van der Waals surface area contributed by atoms with E-state index in [4.69, 9.17) is 10.4 Å². The fourth-order valence-corrected chi connectivity index (χ4v) is 1.84. The van der Waals surface area contributed by atoms with Crippen LogP contribution in [0, 0.1) is 18.3 Å². The van der Waals surface area contributed by atoms with Crippen LogP contribution in [0.1, 0.15) is 21.5 Å². The SMILES string of the molecule is Cc1cccc(Nc2ccccc2C(=O)O)c1C#N. The first-order valence-electron chi connectivity index (χ1n) is 5.72. The molecule has 0 aliphatic rings. The standard InChI is InChI=1S/C15H12N2O2/c1-10-5-4-8-14(12(10)9-16)17-13-7-3-2-6-11(13)15(18)19/h2-8,17H,1H3,(H,18,19). The first-order valence-corrected chi connectivity index (χ1v) is 5.72. The second kappa shape index (κ2) is 5.23. The average molecular weight is 252 g/mol. The van der Waals surface area contributed by atoms with E-state index < -0.39 is 5.97 Å². The molecule has 0 atom stereocenters.